The van der Waals surface area contributed by atoms with Gasteiger partial charge in [-0.3, -0.25) is 18.7 Å². The summed E-state index contributed by atoms with van der Waals surface area (Å²) in [5.41, 5.74) is -1.45. The van der Waals surface area contributed by atoms with Crippen molar-refractivity contribution in [3.63, 3.8) is 0 Å². The lowest BCUT2D eigenvalue weighted by molar-refractivity contribution is -0.138. The van der Waals surface area contributed by atoms with Crippen LogP contribution in [0.4, 0.5) is 13.2 Å². The van der Waals surface area contributed by atoms with Crippen molar-refractivity contribution in [2.75, 3.05) is 0 Å². The fourth-order valence-corrected chi connectivity index (χ4v) is 5.08. The summed E-state index contributed by atoms with van der Waals surface area (Å²) < 4.78 is 43.0. The molecule has 6 nitrogen and oxygen atoms in total. The van der Waals surface area contributed by atoms with Crippen LogP contribution < -0.4 is 11.2 Å². The van der Waals surface area contributed by atoms with Gasteiger partial charge in [0.15, 0.2) is 0 Å². The molecule has 0 bridgehead atoms. The predicted molar refractivity (Wildman–Crippen MR) is 116 cm³/mol. The van der Waals surface area contributed by atoms with Crippen LogP contribution in [0.25, 0.3) is 10.2 Å². The van der Waals surface area contributed by atoms with Crippen molar-refractivity contribution in [2.45, 2.75) is 45.8 Å². The molecule has 0 radical (unpaired) electrons. The number of nitrogens with zero attached hydrogens (tertiary/aromatic N) is 2. The highest BCUT2D eigenvalue weighted by Gasteiger charge is 2.33. The number of aliphatic carboxylic acids is 1. The second-order valence-electron chi connectivity index (χ2n) is 8.06. The number of thiophene rings is 1. The molecule has 10 heteroatoms. The van der Waals surface area contributed by atoms with E-state index in [1.165, 1.54) is 29.8 Å². The molecule has 0 atom stereocenters. The summed E-state index contributed by atoms with van der Waals surface area (Å²) in [5, 5.41) is 9.38. The Hall–Kier alpha value is -2.88. The predicted octanol–water partition coefficient (Wildman–Crippen LogP) is 4.04. The molecule has 0 fully saturated rings. The van der Waals surface area contributed by atoms with E-state index in [2.05, 4.69) is 0 Å². The SMILES string of the molecule is CC(C)Cn1c(=O)n(C)c(=O)c2c(CCC(=O)O)c(Cc3ccccc3C(F)(F)F)sc21. The van der Waals surface area contributed by atoms with Gasteiger partial charge in [0, 0.05) is 31.3 Å². The maximum atomic E-state index is 13.5. The van der Waals surface area contributed by atoms with Crippen molar-refractivity contribution in [3.8, 4) is 0 Å². The van der Waals surface area contributed by atoms with Crippen molar-refractivity contribution in [2.24, 2.45) is 13.0 Å². The Morgan fingerprint density at radius 3 is 2.44 bits per heavy atom. The van der Waals surface area contributed by atoms with E-state index in [0.29, 0.717) is 21.8 Å². The average molecular weight is 468 g/mol. The fourth-order valence-electron chi connectivity index (χ4n) is 3.72. The molecule has 1 N–H and O–H groups in total. The number of carbonyl (C=O) groups is 1. The second kappa shape index (κ2) is 8.93. The van der Waals surface area contributed by atoms with E-state index in [9.17, 15) is 32.7 Å². The molecule has 3 rings (SSSR count). The fraction of sp³-hybridized carbons (Fsp3) is 0.409. The van der Waals surface area contributed by atoms with E-state index in [-0.39, 0.29) is 36.1 Å². The molecule has 0 aliphatic rings. The lowest BCUT2D eigenvalue weighted by Gasteiger charge is -2.12. The summed E-state index contributed by atoms with van der Waals surface area (Å²) in [6.07, 6.45) is -4.98. The summed E-state index contributed by atoms with van der Waals surface area (Å²) in [6, 6.07) is 5.17. The number of halogens is 3. The number of aromatic nitrogens is 2. The van der Waals surface area contributed by atoms with Crippen molar-refractivity contribution in [1.29, 1.82) is 0 Å². The molecule has 2 aromatic heterocycles. The summed E-state index contributed by atoms with van der Waals surface area (Å²) in [7, 11) is 1.35. The van der Waals surface area contributed by atoms with Gasteiger partial charge < -0.3 is 5.11 Å². The van der Waals surface area contributed by atoms with E-state index >= 15 is 0 Å². The van der Waals surface area contributed by atoms with Crippen LogP contribution in [-0.4, -0.2) is 20.2 Å². The number of hydrogen-bond donors (Lipinski definition) is 1. The van der Waals surface area contributed by atoms with Gasteiger partial charge in [0.1, 0.15) is 4.83 Å². The molecule has 3 aromatic rings. The van der Waals surface area contributed by atoms with E-state index in [1.807, 2.05) is 13.8 Å². The highest BCUT2D eigenvalue weighted by Crippen LogP contribution is 2.36. The Balaban J connectivity index is 2.30. The van der Waals surface area contributed by atoms with E-state index in [0.717, 1.165) is 22.0 Å². The molecule has 0 aliphatic heterocycles. The van der Waals surface area contributed by atoms with Gasteiger partial charge in [-0.15, -0.1) is 11.3 Å². The largest absolute Gasteiger partial charge is 0.481 e. The Bertz CT molecular complexity index is 1290. The van der Waals surface area contributed by atoms with Crippen molar-refractivity contribution >= 4 is 27.5 Å². The molecule has 2 heterocycles. The van der Waals surface area contributed by atoms with Gasteiger partial charge in [-0.2, -0.15) is 13.2 Å². The zero-order valence-corrected chi connectivity index (χ0v) is 18.6. The van der Waals surface area contributed by atoms with Gasteiger partial charge in [0.05, 0.1) is 10.9 Å². The number of aryl methyl sites for hydroxylation is 1. The third-order valence-corrected chi connectivity index (χ3v) is 6.42. The van der Waals surface area contributed by atoms with Crippen LogP contribution in [0.5, 0.6) is 0 Å². The third-order valence-electron chi connectivity index (χ3n) is 5.16. The van der Waals surface area contributed by atoms with Gasteiger partial charge in [-0.05, 0) is 29.5 Å². The molecular weight excluding hydrogens is 445 g/mol. The van der Waals surface area contributed by atoms with Crippen LogP contribution >= 0.6 is 11.3 Å². The summed E-state index contributed by atoms with van der Waals surface area (Å²) in [4.78, 5) is 37.8. The highest BCUT2D eigenvalue weighted by atomic mass is 32.1. The first-order chi connectivity index (χ1) is 14.9. The third kappa shape index (κ3) is 4.64. The number of hydrogen-bond acceptors (Lipinski definition) is 4. The highest BCUT2D eigenvalue weighted by molar-refractivity contribution is 7.18. The van der Waals surface area contributed by atoms with Crippen LogP contribution in [0.3, 0.4) is 0 Å². The molecule has 0 unspecified atom stereocenters. The quantitative estimate of drug-likeness (QED) is 0.568. The summed E-state index contributed by atoms with van der Waals surface area (Å²) in [5.74, 6) is -1.01. The van der Waals surface area contributed by atoms with Crippen molar-refractivity contribution in [3.05, 3.63) is 66.7 Å². The zero-order valence-electron chi connectivity index (χ0n) is 17.8. The number of fused-ring (bicyclic) bond motifs is 1. The molecule has 0 saturated carbocycles. The van der Waals surface area contributed by atoms with Crippen molar-refractivity contribution < 1.29 is 23.1 Å². The first-order valence-electron chi connectivity index (χ1n) is 10.0. The standard InChI is InChI=1S/C22H23F3N2O4S/c1-12(2)11-27-20-18(19(30)26(3)21(27)31)14(8-9-17(28)29)16(32-20)10-13-6-4-5-7-15(13)22(23,24)25/h4-7,12H,8-11H2,1-3H3,(H,28,29). The second-order valence-corrected chi connectivity index (χ2v) is 9.14. The number of rotatable bonds is 7. The Kier molecular flexibility index (Phi) is 6.64. The van der Waals surface area contributed by atoms with Gasteiger partial charge in [-0.1, -0.05) is 32.0 Å². The number of carboxylic acid groups (broad SMARTS) is 1. The molecule has 0 spiro atoms. The van der Waals surface area contributed by atoms with Crippen LogP contribution in [0, 0.1) is 5.92 Å². The Morgan fingerprint density at radius 1 is 1.19 bits per heavy atom. The monoisotopic (exact) mass is 468 g/mol. The normalized spacial score (nSPS) is 12.1. The summed E-state index contributed by atoms with van der Waals surface area (Å²) in [6.45, 7) is 4.13. The first-order valence-corrected chi connectivity index (χ1v) is 10.8. The maximum Gasteiger partial charge on any atom is 0.416 e. The zero-order chi connectivity index (χ0) is 23.8. The van der Waals surface area contributed by atoms with E-state index in [4.69, 9.17) is 0 Å². The minimum absolute atomic E-state index is 0.0199. The Labute approximate surface area is 185 Å². The lowest BCUT2D eigenvalue weighted by atomic mass is 9.99. The van der Waals surface area contributed by atoms with Crippen molar-refractivity contribution in [1.82, 2.24) is 9.13 Å². The van der Waals surface area contributed by atoms with Crippen LogP contribution in [0.15, 0.2) is 33.9 Å². The smallest absolute Gasteiger partial charge is 0.416 e. The molecule has 1 aromatic carbocycles. The number of alkyl halides is 3. The van der Waals surface area contributed by atoms with Crippen LogP contribution in [0.2, 0.25) is 0 Å². The summed E-state index contributed by atoms with van der Waals surface area (Å²) >= 11 is 1.08. The molecular formula is C22H23F3N2O4S. The van der Waals surface area contributed by atoms with Gasteiger partial charge in [0.25, 0.3) is 5.56 Å². The Morgan fingerprint density at radius 2 is 1.84 bits per heavy atom. The minimum Gasteiger partial charge on any atom is -0.481 e. The average Bonchev–Trinajstić information content (AvgIpc) is 3.05. The molecule has 0 aliphatic carbocycles. The van der Waals surface area contributed by atoms with Crippen LogP contribution in [0.1, 0.15) is 41.8 Å². The van der Waals surface area contributed by atoms with E-state index < -0.39 is 29.0 Å². The van der Waals surface area contributed by atoms with Crippen LogP contribution in [-0.2, 0) is 37.4 Å². The number of benzene rings is 1. The molecule has 0 amide bonds. The topological polar surface area (TPSA) is 81.3 Å². The van der Waals surface area contributed by atoms with Gasteiger partial charge >= 0.3 is 17.8 Å². The van der Waals surface area contributed by atoms with E-state index in [1.54, 1.807) is 0 Å². The molecule has 172 valence electrons. The number of carboxylic acids is 1. The first kappa shape index (κ1) is 23.8. The molecule has 0 saturated heterocycles. The maximum absolute atomic E-state index is 13.5. The van der Waals surface area contributed by atoms with Gasteiger partial charge in [0.2, 0.25) is 0 Å². The molecule has 32 heavy (non-hydrogen) atoms. The minimum atomic E-state index is -4.55. The van der Waals surface area contributed by atoms with Gasteiger partial charge in [-0.25, -0.2) is 4.79 Å². The lowest BCUT2D eigenvalue weighted by Crippen LogP contribution is -2.38.